The fourth-order valence-corrected chi connectivity index (χ4v) is 5.49. The van der Waals surface area contributed by atoms with Crippen LogP contribution in [0.15, 0.2) is 48.5 Å². The standard InChI is InChI=1S/C24H25N3O4S2/c1-16(28)17-3-5-18(6-4-17)25-11-13-26(14-12-25)24(32)33-21-15-22(29)27(23(21)30)19-7-9-20(31-2)10-8-19/h3-10,21H,11-15H2,1-2H3/t21-/m0/s1. The normalized spacial score (nSPS) is 18.6. The monoisotopic (exact) mass is 483 g/mol. The molecular formula is C24H25N3O4S2. The van der Waals surface area contributed by atoms with E-state index in [2.05, 4.69) is 9.80 Å². The van der Waals surface area contributed by atoms with Crippen LogP contribution in [0.1, 0.15) is 23.7 Å². The lowest BCUT2D eigenvalue weighted by atomic mass is 10.1. The Balaban J connectivity index is 1.33. The van der Waals surface area contributed by atoms with E-state index in [-0.39, 0.29) is 24.0 Å². The van der Waals surface area contributed by atoms with E-state index in [0.29, 0.717) is 21.3 Å². The zero-order valence-electron chi connectivity index (χ0n) is 18.5. The summed E-state index contributed by atoms with van der Waals surface area (Å²) in [4.78, 5) is 42.6. The van der Waals surface area contributed by atoms with E-state index in [9.17, 15) is 14.4 Å². The van der Waals surface area contributed by atoms with Gasteiger partial charge in [-0.25, -0.2) is 4.90 Å². The molecule has 0 saturated carbocycles. The summed E-state index contributed by atoms with van der Waals surface area (Å²) < 4.78 is 5.79. The zero-order valence-corrected chi connectivity index (χ0v) is 20.2. The Morgan fingerprint density at radius 2 is 1.58 bits per heavy atom. The molecule has 1 atom stereocenters. The smallest absolute Gasteiger partial charge is 0.247 e. The third-order valence-corrected chi connectivity index (χ3v) is 7.52. The predicted molar refractivity (Wildman–Crippen MR) is 134 cm³/mol. The molecule has 0 radical (unpaired) electrons. The molecule has 0 unspecified atom stereocenters. The van der Waals surface area contributed by atoms with Crippen LogP contribution in [0.25, 0.3) is 0 Å². The van der Waals surface area contributed by atoms with E-state index in [4.69, 9.17) is 17.0 Å². The van der Waals surface area contributed by atoms with Crippen molar-refractivity contribution in [2.24, 2.45) is 0 Å². The van der Waals surface area contributed by atoms with E-state index in [0.717, 1.165) is 31.9 Å². The van der Waals surface area contributed by atoms with Crippen LogP contribution in [-0.4, -0.2) is 65.4 Å². The first-order valence-electron chi connectivity index (χ1n) is 10.7. The Hall–Kier alpha value is -2.91. The van der Waals surface area contributed by atoms with Crippen LogP contribution in [0.3, 0.4) is 0 Å². The highest BCUT2D eigenvalue weighted by Gasteiger charge is 2.41. The zero-order chi connectivity index (χ0) is 23.5. The molecule has 2 aliphatic rings. The van der Waals surface area contributed by atoms with Crippen molar-refractivity contribution in [2.45, 2.75) is 18.6 Å². The van der Waals surface area contributed by atoms with Gasteiger partial charge in [-0.15, -0.1) is 0 Å². The number of carbonyl (C=O) groups is 3. The number of benzene rings is 2. The molecule has 0 bridgehead atoms. The van der Waals surface area contributed by atoms with Gasteiger partial charge in [0.2, 0.25) is 11.8 Å². The van der Waals surface area contributed by atoms with Gasteiger partial charge in [-0.05, 0) is 55.5 Å². The maximum Gasteiger partial charge on any atom is 0.247 e. The van der Waals surface area contributed by atoms with Gasteiger partial charge in [0.15, 0.2) is 5.78 Å². The van der Waals surface area contributed by atoms with Crippen LogP contribution in [-0.2, 0) is 9.59 Å². The van der Waals surface area contributed by atoms with Crippen LogP contribution in [0, 0.1) is 0 Å². The second-order valence-electron chi connectivity index (χ2n) is 7.92. The number of Topliss-reactive ketones (excluding diaryl/α,β-unsaturated/α-hetero) is 1. The molecule has 2 amide bonds. The number of thioether (sulfide) groups is 1. The number of amides is 2. The second-order valence-corrected chi connectivity index (χ2v) is 9.76. The number of hydrogen-bond acceptors (Lipinski definition) is 7. The summed E-state index contributed by atoms with van der Waals surface area (Å²) >= 11 is 6.92. The van der Waals surface area contributed by atoms with Gasteiger partial charge in [-0.2, -0.15) is 0 Å². The van der Waals surface area contributed by atoms with Crippen LogP contribution in [0.4, 0.5) is 11.4 Å². The Labute approximate surface area is 202 Å². The number of anilines is 2. The summed E-state index contributed by atoms with van der Waals surface area (Å²) in [7, 11) is 1.57. The molecule has 0 N–H and O–H groups in total. The highest BCUT2D eigenvalue weighted by molar-refractivity contribution is 8.23. The largest absolute Gasteiger partial charge is 0.497 e. The van der Waals surface area contributed by atoms with Gasteiger partial charge in [-0.1, -0.05) is 24.0 Å². The first-order chi connectivity index (χ1) is 15.9. The van der Waals surface area contributed by atoms with Crippen LogP contribution in [0.5, 0.6) is 5.75 Å². The molecule has 0 spiro atoms. The van der Waals surface area contributed by atoms with Gasteiger partial charge in [0.25, 0.3) is 0 Å². The lowest BCUT2D eigenvalue weighted by molar-refractivity contribution is -0.121. The van der Waals surface area contributed by atoms with Crippen molar-refractivity contribution in [2.75, 3.05) is 43.1 Å². The topological polar surface area (TPSA) is 70.2 Å². The fourth-order valence-electron chi connectivity index (χ4n) is 3.95. The van der Waals surface area contributed by atoms with Gasteiger partial charge >= 0.3 is 0 Å². The third kappa shape index (κ3) is 5.04. The average Bonchev–Trinajstić information content (AvgIpc) is 3.11. The van der Waals surface area contributed by atoms with Crippen LogP contribution < -0.4 is 14.5 Å². The average molecular weight is 484 g/mol. The van der Waals surface area contributed by atoms with Crippen molar-refractivity contribution in [1.82, 2.24) is 4.90 Å². The minimum atomic E-state index is -0.510. The number of ketones is 1. The Morgan fingerprint density at radius 1 is 0.970 bits per heavy atom. The summed E-state index contributed by atoms with van der Waals surface area (Å²) in [6.07, 6.45) is 0.137. The summed E-state index contributed by atoms with van der Waals surface area (Å²) in [5.41, 5.74) is 2.32. The Kier molecular flexibility index (Phi) is 6.99. The van der Waals surface area contributed by atoms with E-state index in [1.165, 1.54) is 16.7 Å². The molecule has 2 fully saturated rings. The van der Waals surface area contributed by atoms with Crippen molar-refractivity contribution in [3.05, 3.63) is 54.1 Å². The number of thiocarbonyl (C=S) groups is 1. The second kappa shape index (κ2) is 9.93. The van der Waals surface area contributed by atoms with E-state index < -0.39 is 5.25 Å². The molecular weight excluding hydrogens is 458 g/mol. The predicted octanol–water partition coefficient (Wildman–Crippen LogP) is 3.37. The number of nitrogens with zero attached hydrogens (tertiary/aromatic N) is 3. The highest BCUT2D eigenvalue weighted by atomic mass is 32.2. The number of rotatable bonds is 5. The maximum atomic E-state index is 12.9. The summed E-state index contributed by atoms with van der Waals surface area (Å²) in [5, 5.41) is -0.510. The minimum Gasteiger partial charge on any atom is -0.497 e. The van der Waals surface area contributed by atoms with Gasteiger partial charge in [0, 0.05) is 43.9 Å². The van der Waals surface area contributed by atoms with Gasteiger partial charge in [0.1, 0.15) is 15.3 Å². The molecule has 0 aliphatic carbocycles. The highest BCUT2D eigenvalue weighted by Crippen LogP contribution is 2.32. The number of hydrogen-bond donors (Lipinski definition) is 0. The van der Waals surface area contributed by atoms with Crippen molar-refractivity contribution >= 4 is 57.3 Å². The number of piperazine rings is 1. The molecule has 9 heteroatoms. The fraction of sp³-hybridized carbons (Fsp3) is 0.333. The lowest BCUT2D eigenvalue weighted by Gasteiger charge is -2.37. The summed E-state index contributed by atoms with van der Waals surface area (Å²) in [5.74, 6) is 0.268. The Morgan fingerprint density at radius 3 is 2.15 bits per heavy atom. The van der Waals surface area contributed by atoms with E-state index in [1.807, 2.05) is 24.3 Å². The Bertz CT molecular complexity index is 1060. The van der Waals surface area contributed by atoms with E-state index in [1.54, 1.807) is 38.3 Å². The van der Waals surface area contributed by atoms with E-state index >= 15 is 0 Å². The SMILES string of the molecule is COc1ccc(N2C(=O)C[C@H](SC(=S)N3CCN(c4ccc(C(C)=O)cc4)CC3)C2=O)cc1. The van der Waals surface area contributed by atoms with Crippen molar-refractivity contribution in [3.63, 3.8) is 0 Å². The van der Waals surface area contributed by atoms with Crippen molar-refractivity contribution in [3.8, 4) is 5.75 Å². The summed E-state index contributed by atoms with van der Waals surface area (Å²) in [6, 6.07) is 14.5. The third-order valence-electron chi connectivity index (χ3n) is 5.86. The number of imide groups is 1. The first-order valence-corrected chi connectivity index (χ1v) is 12.0. The number of methoxy groups -OCH3 is 1. The van der Waals surface area contributed by atoms with Crippen molar-refractivity contribution in [1.29, 1.82) is 0 Å². The molecule has 7 nitrogen and oxygen atoms in total. The number of carbonyl (C=O) groups excluding carboxylic acids is 3. The molecule has 2 aliphatic heterocycles. The van der Waals surface area contributed by atoms with Crippen LogP contribution >= 0.6 is 24.0 Å². The van der Waals surface area contributed by atoms with Crippen LogP contribution in [0.2, 0.25) is 0 Å². The molecule has 2 aromatic carbocycles. The first kappa shape index (κ1) is 23.3. The number of ether oxygens (including phenoxy) is 1. The molecule has 33 heavy (non-hydrogen) atoms. The maximum absolute atomic E-state index is 12.9. The lowest BCUT2D eigenvalue weighted by Crippen LogP contribution is -2.48. The van der Waals surface area contributed by atoms with Gasteiger partial charge in [-0.3, -0.25) is 14.4 Å². The minimum absolute atomic E-state index is 0.0549. The molecule has 2 aromatic rings. The molecule has 2 saturated heterocycles. The van der Waals surface area contributed by atoms with Gasteiger partial charge in [0.05, 0.1) is 12.8 Å². The molecule has 0 aromatic heterocycles. The summed E-state index contributed by atoms with van der Waals surface area (Å²) in [6.45, 7) is 4.60. The van der Waals surface area contributed by atoms with Crippen molar-refractivity contribution < 1.29 is 19.1 Å². The quantitative estimate of drug-likeness (QED) is 0.364. The molecule has 4 rings (SSSR count). The molecule has 172 valence electrons. The molecule has 2 heterocycles. The van der Waals surface area contributed by atoms with Gasteiger partial charge < -0.3 is 14.5 Å².